The molecule has 0 unspecified atom stereocenters. The van der Waals surface area contributed by atoms with Crippen LogP contribution in [0.4, 0.5) is 11.4 Å². The molecule has 1 amide bonds. The lowest BCUT2D eigenvalue weighted by atomic mass is 10.1. The minimum atomic E-state index is 0.114. The molecular weight excluding hydrogens is 286 g/mol. The van der Waals surface area contributed by atoms with Crippen LogP contribution >= 0.6 is 0 Å². The van der Waals surface area contributed by atoms with Crippen LogP contribution in [0, 0.1) is 0 Å². The SMILES string of the molecule is O=C(C[NH2+]C1CCCCCC1)Nc1ccc(N2CCCC2)cc1. The van der Waals surface area contributed by atoms with E-state index < -0.39 is 0 Å². The largest absolute Gasteiger partial charge is 0.372 e. The molecule has 1 saturated heterocycles. The van der Waals surface area contributed by atoms with E-state index in [4.69, 9.17) is 0 Å². The molecular formula is C19H30N3O+. The number of benzene rings is 1. The number of nitrogens with one attached hydrogen (secondary N) is 1. The second-order valence-electron chi connectivity index (χ2n) is 6.98. The lowest BCUT2D eigenvalue weighted by molar-refractivity contribution is -0.680. The van der Waals surface area contributed by atoms with Gasteiger partial charge in [0.05, 0.1) is 6.04 Å². The Kier molecular flexibility index (Phi) is 5.92. The number of rotatable bonds is 5. The lowest BCUT2D eigenvalue weighted by Gasteiger charge is -2.18. The minimum absolute atomic E-state index is 0.114. The Morgan fingerprint density at radius 2 is 1.65 bits per heavy atom. The monoisotopic (exact) mass is 316 g/mol. The highest BCUT2D eigenvalue weighted by molar-refractivity contribution is 5.91. The first-order valence-corrected chi connectivity index (χ1v) is 9.29. The Balaban J connectivity index is 1.43. The fourth-order valence-electron chi connectivity index (χ4n) is 3.76. The Bertz CT molecular complexity index is 486. The summed E-state index contributed by atoms with van der Waals surface area (Å²) in [4.78, 5) is 14.5. The predicted octanol–water partition coefficient (Wildman–Crippen LogP) is 2.51. The number of amides is 1. The van der Waals surface area contributed by atoms with Crippen molar-refractivity contribution in [2.24, 2.45) is 0 Å². The van der Waals surface area contributed by atoms with Crippen molar-refractivity contribution in [2.45, 2.75) is 57.4 Å². The summed E-state index contributed by atoms with van der Waals surface area (Å²) in [7, 11) is 0. The molecule has 1 saturated carbocycles. The Hall–Kier alpha value is -1.55. The van der Waals surface area contributed by atoms with Crippen molar-refractivity contribution >= 4 is 17.3 Å². The van der Waals surface area contributed by atoms with E-state index in [1.54, 1.807) is 0 Å². The van der Waals surface area contributed by atoms with E-state index in [0.717, 1.165) is 18.8 Å². The molecule has 1 aliphatic carbocycles. The summed E-state index contributed by atoms with van der Waals surface area (Å²) in [5.74, 6) is 0.114. The smallest absolute Gasteiger partial charge is 0.279 e. The third kappa shape index (κ3) is 4.96. The van der Waals surface area contributed by atoms with E-state index in [0.29, 0.717) is 12.6 Å². The summed E-state index contributed by atoms with van der Waals surface area (Å²) in [6, 6.07) is 8.93. The highest BCUT2D eigenvalue weighted by Gasteiger charge is 2.16. The van der Waals surface area contributed by atoms with Crippen molar-refractivity contribution in [3.63, 3.8) is 0 Å². The van der Waals surface area contributed by atoms with Gasteiger partial charge < -0.3 is 15.5 Å². The zero-order valence-corrected chi connectivity index (χ0v) is 14.1. The van der Waals surface area contributed by atoms with Crippen LogP contribution in [0.2, 0.25) is 0 Å². The average Bonchev–Trinajstić information content (AvgIpc) is 2.98. The first-order valence-electron chi connectivity index (χ1n) is 9.29. The number of anilines is 2. The topological polar surface area (TPSA) is 49.0 Å². The summed E-state index contributed by atoms with van der Waals surface area (Å²) >= 11 is 0. The van der Waals surface area contributed by atoms with E-state index in [2.05, 4.69) is 27.7 Å². The fraction of sp³-hybridized carbons (Fsp3) is 0.632. The number of nitrogens with two attached hydrogens (primary N) is 1. The summed E-state index contributed by atoms with van der Waals surface area (Å²) < 4.78 is 0. The molecule has 1 aliphatic heterocycles. The third-order valence-corrected chi connectivity index (χ3v) is 5.16. The number of hydrogen-bond donors (Lipinski definition) is 2. The van der Waals surface area contributed by atoms with Gasteiger partial charge in [-0.3, -0.25) is 4.79 Å². The maximum atomic E-state index is 12.1. The number of quaternary nitrogens is 1. The van der Waals surface area contributed by atoms with E-state index in [1.165, 1.54) is 57.1 Å². The maximum absolute atomic E-state index is 12.1. The van der Waals surface area contributed by atoms with Gasteiger partial charge in [-0.25, -0.2) is 0 Å². The van der Waals surface area contributed by atoms with Crippen molar-refractivity contribution in [3.8, 4) is 0 Å². The van der Waals surface area contributed by atoms with Gasteiger partial charge in [-0.05, 0) is 62.8 Å². The Morgan fingerprint density at radius 3 is 2.30 bits per heavy atom. The van der Waals surface area contributed by atoms with E-state index in [1.807, 2.05) is 12.1 Å². The highest BCUT2D eigenvalue weighted by atomic mass is 16.1. The van der Waals surface area contributed by atoms with Gasteiger partial charge in [-0.1, -0.05) is 12.8 Å². The van der Waals surface area contributed by atoms with Gasteiger partial charge in [-0.2, -0.15) is 0 Å². The van der Waals surface area contributed by atoms with Crippen molar-refractivity contribution in [1.82, 2.24) is 0 Å². The van der Waals surface area contributed by atoms with Gasteiger partial charge >= 0.3 is 0 Å². The normalized spacial score (nSPS) is 19.6. The van der Waals surface area contributed by atoms with Crippen LogP contribution in [0.1, 0.15) is 51.4 Å². The van der Waals surface area contributed by atoms with Crippen molar-refractivity contribution < 1.29 is 10.1 Å². The molecule has 0 radical (unpaired) electrons. The second-order valence-corrected chi connectivity index (χ2v) is 6.98. The first-order chi connectivity index (χ1) is 11.3. The molecule has 0 atom stereocenters. The molecule has 3 rings (SSSR count). The summed E-state index contributed by atoms with van der Waals surface area (Å²) in [5, 5.41) is 5.26. The first kappa shape index (κ1) is 16.3. The minimum Gasteiger partial charge on any atom is -0.372 e. The molecule has 0 spiro atoms. The molecule has 0 bridgehead atoms. The molecule has 4 nitrogen and oxygen atoms in total. The van der Waals surface area contributed by atoms with Crippen molar-refractivity contribution in [2.75, 3.05) is 29.9 Å². The standard InChI is InChI=1S/C19H29N3O/c23-19(15-20-16-7-3-1-2-4-8-16)21-17-9-11-18(12-10-17)22-13-5-6-14-22/h9-12,16,20H,1-8,13-15H2,(H,21,23)/p+1. The maximum Gasteiger partial charge on any atom is 0.279 e. The molecule has 1 heterocycles. The summed E-state index contributed by atoms with van der Waals surface area (Å²) in [6.07, 6.45) is 10.5. The number of hydrogen-bond acceptors (Lipinski definition) is 2. The zero-order valence-electron chi connectivity index (χ0n) is 14.1. The van der Waals surface area contributed by atoms with Crippen LogP contribution in [-0.2, 0) is 4.79 Å². The van der Waals surface area contributed by atoms with Gasteiger partial charge in [0.15, 0.2) is 6.54 Å². The molecule has 3 N–H and O–H groups in total. The molecule has 126 valence electrons. The lowest BCUT2D eigenvalue weighted by Crippen LogP contribution is -2.91. The molecule has 1 aromatic rings. The summed E-state index contributed by atoms with van der Waals surface area (Å²) in [5.41, 5.74) is 2.18. The fourth-order valence-corrected chi connectivity index (χ4v) is 3.76. The van der Waals surface area contributed by atoms with Crippen LogP contribution in [0.15, 0.2) is 24.3 Å². The molecule has 4 heteroatoms. The van der Waals surface area contributed by atoms with Crippen LogP contribution in [-0.4, -0.2) is 31.6 Å². The van der Waals surface area contributed by atoms with Crippen molar-refractivity contribution in [3.05, 3.63) is 24.3 Å². The molecule has 2 fully saturated rings. The highest BCUT2D eigenvalue weighted by Crippen LogP contribution is 2.22. The van der Waals surface area contributed by atoms with Crippen LogP contribution < -0.4 is 15.5 Å². The van der Waals surface area contributed by atoms with Crippen molar-refractivity contribution in [1.29, 1.82) is 0 Å². The molecule has 0 aromatic heterocycles. The van der Waals surface area contributed by atoms with Gasteiger partial charge in [0.1, 0.15) is 0 Å². The predicted molar refractivity (Wildman–Crippen MR) is 94.8 cm³/mol. The van der Waals surface area contributed by atoms with Gasteiger partial charge in [-0.15, -0.1) is 0 Å². The van der Waals surface area contributed by atoms with E-state index in [-0.39, 0.29) is 5.91 Å². The van der Waals surface area contributed by atoms with E-state index >= 15 is 0 Å². The molecule has 23 heavy (non-hydrogen) atoms. The van der Waals surface area contributed by atoms with Gasteiger partial charge in [0.25, 0.3) is 5.91 Å². The van der Waals surface area contributed by atoms with Crippen LogP contribution in [0.25, 0.3) is 0 Å². The zero-order chi connectivity index (χ0) is 15.9. The van der Waals surface area contributed by atoms with E-state index in [9.17, 15) is 4.79 Å². The van der Waals surface area contributed by atoms with Gasteiger partial charge in [0.2, 0.25) is 0 Å². The quantitative estimate of drug-likeness (QED) is 0.820. The number of carbonyl (C=O) groups is 1. The average molecular weight is 316 g/mol. The van der Waals surface area contributed by atoms with Gasteiger partial charge in [0, 0.05) is 24.5 Å². The molecule has 2 aliphatic rings. The second kappa shape index (κ2) is 8.34. The Labute approximate surface area is 139 Å². The number of carbonyl (C=O) groups excluding carboxylic acids is 1. The Morgan fingerprint density at radius 1 is 1.00 bits per heavy atom. The third-order valence-electron chi connectivity index (χ3n) is 5.16. The van der Waals surface area contributed by atoms with Crippen LogP contribution in [0.5, 0.6) is 0 Å². The van der Waals surface area contributed by atoms with Crippen LogP contribution in [0.3, 0.4) is 0 Å². The molecule has 1 aromatic carbocycles. The summed E-state index contributed by atoms with van der Waals surface area (Å²) in [6.45, 7) is 2.85. The number of nitrogens with zero attached hydrogens (tertiary/aromatic N) is 1.